The molecular formula is C27H23N7OS. The molecule has 6 aromatic rings. The Morgan fingerprint density at radius 2 is 1.86 bits per heavy atom. The number of H-pyrrole nitrogens is 2. The SMILES string of the molecule is CC(C)(C)C(=O)Nc1cncc(-c2cnc3n[nH]c(-c4cc5c(-c6cccs6)nccc5[nH]4)c3c2)c1. The number of hydrogen-bond acceptors (Lipinski definition) is 6. The van der Waals surface area contributed by atoms with Gasteiger partial charge in [0.15, 0.2) is 5.65 Å². The largest absolute Gasteiger partial charge is 0.353 e. The number of rotatable bonds is 4. The molecule has 1 amide bonds. The predicted molar refractivity (Wildman–Crippen MR) is 144 cm³/mol. The summed E-state index contributed by atoms with van der Waals surface area (Å²) >= 11 is 1.67. The van der Waals surface area contributed by atoms with Crippen LogP contribution in [0.1, 0.15) is 20.8 Å². The Balaban J connectivity index is 1.40. The number of hydrogen-bond donors (Lipinski definition) is 3. The number of fused-ring (bicyclic) bond motifs is 2. The van der Waals surface area contributed by atoms with Crippen LogP contribution >= 0.6 is 11.3 Å². The molecule has 3 N–H and O–H groups in total. The first-order chi connectivity index (χ1) is 17.4. The van der Waals surface area contributed by atoms with E-state index in [1.807, 2.05) is 51.2 Å². The zero-order chi connectivity index (χ0) is 24.9. The molecule has 0 unspecified atom stereocenters. The fourth-order valence-electron chi connectivity index (χ4n) is 4.05. The first-order valence-corrected chi connectivity index (χ1v) is 12.4. The van der Waals surface area contributed by atoms with Crippen LogP contribution in [0.3, 0.4) is 0 Å². The first kappa shape index (κ1) is 22.1. The number of carbonyl (C=O) groups excluding carboxylic acids is 1. The van der Waals surface area contributed by atoms with Gasteiger partial charge in [0.25, 0.3) is 0 Å². The van der Waals surface area contributed by atoms with Crippen LogP contribution in [0, 0.1) is 5.41 Å². The molecule has 0 aliphatic rings. The average Bonchev–Trinajstić information content (AvgIpc) is 3.62. The predicted octanol–water partition coefficient (Wildman–Crippen LogP) is 6.28. The van der Waals surface area contributed by atoms with Crippen molar-refractivity contribution in [2.45, 2.75) is 20.8 Å². The highest BCUT2D eigenvalue weighted by atomic mass is 32.1. The number of carbonyl (C=O) groups is 1. The molecule has 6 rings (SSSR count). The summed E-state index contributed by atoms with van der Waals surface area (Å²) in [6.45, 7) is 5.63. The summed E-state index contributed by atoms with van der Waals surface area (Å²) in [5.74, 6) is -0.0673. The third kappa shape index (κ3) is 3.93. The van der Waals surface area contributed by atoms with Crippen LogP contribution in [0.15, 0.2) is 66.6 Å². The van der Waals surface area contributed by atoms with Crippen LogP contribution in [0.25, 0.3) is 55.0 Å². The molecule has 0 aromatic carbocycles. The van der Waals surface area contributed by atoms with Gasteiger partial charge in [0.05, 0.1) is 33.8 Å². The summed E-state index contributed by atoms with van der Waals surface area (Å²) in [6.07, 6.45) is 6.99. The molecule has 0 atom stereocenters. The number of thiophene rings is 1. The van der Waals surface area contributed by atoms with E-state index in [2.05, 4.69) is 53.0 Å². The molecule has 0 aliphatic heterocycles. The van der Waals surface area contributed by atoms with Crippen molar-refractivity contribution in [3.05, 3.63) is 66.6 Å². The van der Waals surface area contributed by atoms with E-state index in [9.17, 15) is 4.79 Å². The number of pyridine rings is 3. The van der Waals surface area contributed by atoms with Crippen LogP contribution in [0.5, 0.6) is 0 Å². The third-order valence-electron chi connectivity index (χ3n) is 5.99. The molecule has 0 saturated carbocycles. The van der Waals surface area contributed by atoms with E-state index in [4.69, 9.17) is 0 Å². The van der Waals surface area contributed by atoms with Gasteiger partial charge in [-0.05, 0) is 35.7 Å². The van der Waals surface area contributed by atoms with Gasteiger partial charge >= 0.3 is 0 Å². The lowest BCUT2D eigenvalue weighted by atomic mass is 9.95. The highest BCUT2D eigenvalue weighted by Gasteiger charge is 2.21. The topological polar surface area (TPSA) is 112 Å². The van der Waals surface area contributed by atoms with Crippen molar-refractivity contribution >= 4 is 44.9 Å². The number of anilines is 1. The molecule has 178 valence electrons. The van der Waals surface area contributed by atoms with Gasteiger partial charge < -0.3 is 10.3 Å². The van der Waals surface area contributed by atoms with Crippen LogP contribution in [0.2, 0.25) is 0 Å². The number of aromatic nitrogens is 6. The minimum Gasteiger partial charge on any atom is -0.353 e. The van der Waals surface area contributed by atoms with Crippen molar-refractivity contribution in [3.63, 3.8) is 0 Å². The monoisotopic (exact) mass is 493 g/mol. The van der Waals surface area contributed by atoms with Crippen molar-refractivity contribution < 1.29 is 4.79 Å². The summed E-state index contributed by atoms with van der Waals surface area (Å²) in [5.41, 5.74) is 6.19. The average molecular weight is 494 g/mol. The van der Waals surface area contributed by atoms with E-state index in [-0.39, 0.29) is 5.91 Å². The van der Waals surface area contributed by atoms with E-state index in [1.165, 1.54) is 0 Å². The number of nitrogens with one attached hydrogen (secondary N) is 3. The van der Waals surface area contributed by atoms with Gasteiger partial charge in [-0.2, -0.15) is 5.10 Å². The zero-order valence-electron chi connectivity index (χ0n) is 20.0. The number of nitrogens with zero attached hydrogens (tertiary/aromatic N) is 4. The highest BCUT2D eigenvalue weighted by Crippen LogP contribution is 2.35. The van der Waals surface area contributed by atoms with Gasteiger partial charge in [0, 0.05) is 51.4 Å². The Hall–Kier alpha value is -4.37. The van der Waals surface area contributed by atoms with Gasteiger partial charge in [-0.3, -0.25) is 19.9 Å². The summed E-state index contributed by atoms with van der Waals surface area (Å²) < 4.78 is 0. The molecule has 0 fully saturated rings. The van der Waals surface area contributed by atoms with Gasteiger partial charge in [0.1, 0.15) is 0 Å². The van der Waals surface area contributed by atoms with Gasteiger partial charge in [-0.25, -0.2) is 4.98 Å². The Morgan fingerprint density at radius 3 is 2.67 bits per heavy atom. The van der Waals surface area contributed by atoms with E-state index in [1.54, 1.807) is 29.9 Å². The maximum Gasteiger partial charge on any atom is 0.229 e. The molecular weight excluding hydrogens is 470 g/mol. The highest BCUT2D eigenvalue weighted by molar-refractivity contribution is 7.13. The van der Waals surface area contributed by atoms with Crippen molar-refractivity contribution in [1.82, 2.24) is 30.1 Å². The molecule has 6 heterocycles. The Morgan fingerprint density at radius 1 is 1.00 bits per heavy atom. The zero-order valence-corrected chi connectivity index (χ0v) is 20.8. The fraction of sp³-hybridized carbons (Fsp3) is 0.148. The lowest BCUT2D eigenvalue weighted by molar-refractivity contribution is -0.123. The second-order valence-electron chi connectivity index (χ2n) is 9.64. The second-order valence-corrected chi connectivity index (χ2v) is 10.6. The first-order valence-electron chi connectivity index (χ1n) is 11.5. The smallest absolute Gasteiger partial charge is 0.229 e. The van der Waals surface area contributed by atoms with E-state index < -0.39 is 5.41 Å². The quantitative estimate of drug-likeness (QED) is 0.268. The lowest BCUT2D eigenvalue weighted by Crippen LogP contribution is -2.27. The molecule has 6 aromatic heterocycles. The van der Waals surface area contributed by atoms with Crippen LogP contribution in [-0.2, 0) is 4.79 Å². The van der Waals surface area contributed by atoms with Crippen molar-refractivity contribution in [1.29, 1.82) is 0 Å². The number of aromatic amines is 2. The summed E-state index contributed by atoms with van der Waals surface area (Å²) in [6, 6.07) is 12.1. The molecule has 9 heteroatoms. The maximum absolute atomic E-state index is 12.4. The van der Waals surface area contributed by atoms with Crippen molar-refractivity contribution in [2.75, 3.05) is 5.32 Å². The van der Waals surface area contributed by atoms with E-state index in [0.717, 1.165) is 49.4 Å². The van der Waals surface area contributed by atoms with Gasteiger partial charge in [-0.1, -0.05) is 26.8 Å². The van der Waals surface area contributed by atoms with Crippen LogP contribution < -0.4 is 5.32 Å². The molecule has 0 radical (unpaired) electrons. The van der Waals surface area contributed by atoms with Gasteiger partial charge in [0.2, 0.25) is 5.91 Å². The minimum atomic E-state index is -0.499. The van der Waals surface area contributed by atoms with Crippen molar-refractivity contribution in [3.8, 4) is 33.1 Å². The molecule has 0 aliphatic carbocycles. The Labute approximate surface area is 210 Å². The fourth-order valence-corrected chi connectivity index (χ4v) is 4.78. The minimum absolute atomic E-state index is 0.0673. The van der Waals surface area contributed by atoms with Crippen LogP contribution in [0.4, 0.5) is 5.69 Å². The summed E-state index contributed by atoms with van der Waals surface area (Å²) in [5, 5.41) is 14.5. The van der Waals surface area contributed by atoms with Crippen molar-refractivity contribution in [2.24, 2.45) is 5.41 Å². The maximum atomic E-state index is 12.4. The Kier molecular flexibility index (Phi) is 5.15. The molecule has 0 saturated heterocycles. The molecule has 36 heavy (non-hydrogen) atoms. The second kappa shape index (κ2) is 8.39. The van der Waals surface area contributed by atoms with Crippen LogP contribution in [-0.4, -0.2) is 36.0 Å². The lowest BCUT2D eigenvalue weighted by Gasteiger charge is -2.17. The molecule has 0 spiro atoms. The third-order valence-corrected chi connectivity index (χ3v) is 6.87. The molecule has 0 bridgehead atoms. The summed E-state index contributed by atoms with van der Waals surface area (Å²) in [7, 11) is 0. The van der Waals surface area contributed by atoms with E-state index in [0.29, 0.717) is 11.3 Å². The molecule has 8 nitrogen and oxygen atoms in total. The van der Waals surface area contributed by atoms with Gasteiger partial charge in [-0.15, -0.1) is 11.3 Å². The standard InChI is InChI=1S/C27H23N7OS/c1-27(2,3)26(35)31-17-9-15(12-28-14-17)16-10-19-23(33-34-25(19)30-13-16)21-11-18-20(32-21)6-7-29-24(18)22-5-4-8-36-22/h4-14,32H,1-3H3,(H,31,35)(H,30,33,34). The van der Waals surface area contributed by atoms with E-state index >= 15 is 0 Å². The Bertz CT molecular complexity index is 1720. The summed E-state index contributed by atoms with van der Waals surface area (Å²) in [4.78, 5) is 30.6. The number of amides is 1. The normalized spacial score (nSPS) is 11.9.